The van der Waals surface area contributed by atoms with Gasteiger partial charge in [-0.05, 0) is 49.0 Å². The Morgan fingerprint density at radius 1 is 1.20 bits per heavy atom. The second kappa shape index (κ2) is 7.76. The number of urea groups is 1. The summed E-state index contributed by atoms with van der Waals surface area (Å²) in [6, 6.07) is 0.0288. The van der Waals surface area contributed by atoms with Crippen LogP contribution in [0.1, 0.15) is 32.1 Å². The Labute approximate surface area is 124 Å². The number of hydrogen-bond donors (Lipinski definition) is 2. The molecule has 2 heterocycles. The van der Waals surface area contributed by atoms with E-state index in [1.807, 2.05) is 16.7 Å². The predicted octanol–water partition coefficient (Wildman–Crippen LogP) is 2.03. The highest BCUT2D eigenvalue weighted by Crippen LogP contribution is 2.23. The number of likely N-dealkylation sites (tertiary alicyclic amines) is 1. The fourth-order valence-corrected chi connectivity index (χ4v) is 4.08. The zero-order valence-corrected chi connectivity index (χ0v) is 12.7. The van der Waals surface area contributed by atoms with Crippen LogP contribution in [-0.2, 0) is 4.79 Å². The van der Waals surface area contributed by atoms with Crippen molar-refractivity contribution in [2.75, 3.05) is 31.1 Å². The molecule has 0 bridgehead atoms. The molecular weight excluding hydrogens is 276 g/mol. The van der Waals surface area contributed by atoms with E-state index in [2.05, 4.69) is 5.32 Å². The van der Waals surface area contributed by atoms with Gasteiger partial charge in [0.25, 0.3) is 0 Å². The summed E-state index contributed by atoms with van der Waals surface area (Å²) in [6.07, 6.45) is 4.22. The summed E-state index contributed by atoms with van der Waals surface area (Å²) >= 11 is 2.00. The molecule has 6 heteroatoms. The molecule has 0 aromatic heterocycles. The molecule has 2 N–H and O–H groups in total. The minimum absolute atomic E-state index is 0.0288. The number of hydrogen-bond acceptors (Lipinski definition) is 3. The van der Waals surface area contributed by atoms with Crippen LogP contribution < -0.4 is 5.32 Å². The largest absolute Gasteiger partial charge is 0.481 e. The molecule has 20 heavy (non-hydrogen) atoms. The summed E-state index contributed by atoms with van der Waals surface area (Å²) in [7, 11) is 0. The molecule has 114 valence electrons. The third-order valence-corrected chi connectivity index (χ3v) is 5.27. The lowest BCUT2D eigenvalue weighted by Crippen LogP contribution is -2.41. The first-order valence-corrected chi connectivity index (χ1v) is 8.63. The molecule has 2 amide bonds. The molecule has 2 saturated heterocycles. The highest BCUT2D eigenvalue weighted by atomic mass is 32.2. The van der Waals surface area contributed by atoms with Gasteiger partial charge in [0.15, 0.2) is 0 Å². The van der Waals surface area contributed by atoms with Gasteiger partial charge in [0.2, 0.25) is 0 Å². The van der Waals surface area contributed by atoms with E-state index in [0.29, 0.717) is 24.8 Å². The Balaban J connectivity index is 1.64. The van der Waals surface area contributed by atoms with E-state index in [1.54, 1.807) is 0 Å². The van der Waals surface area contributed by atoms with Crippen LogP contribution in [0.25, 0.3) is 0 Å². The lowest BCUT2D eigenvalue weighted by molar-refractivity contribution is -0.137. The molecule has 1 atom stereocenters. The van der Waals surface area contributed by atoms with Crippen LogP contribution >= 0.6 is 11.8 Å². The average Bonchev–Trinajstić information content (AvgIpc) is 2.92. The van der Waals surface area contributed by atoms with E-state index in [9.17, 15) is 9.59 Å². The van der Waals surface area contributed by atoms with Crippen LogP contribution in [0.2, 0.25) is 0 Å². The molecule has 5 nitrogen and oxygen atoms in total. The maximum atomic E-state index is 12.1. The number of thioether (sulfide) groups is 1. The van der Waals surface area contributed by atoms with Gasteiger partial charge in [-0.1, -0.05) is 0 Å². The van der Waals surface area contributed by atoms with Crippen molar-refractivity contribution >= 4 is 23.8 Å². The molecule has 2 fully saturated rings. The first-order chi connectivity index (χ1) is 9.65. The van der Waals surface area contributed by atoms with Gasteiger partial charge in [-0.25, -0.2) is 4.79 Å². The first kappa shape index (κ1) is 15.5. The third-order valence-electron chi connectivity index (χ3n) is 4.22. The van der Waals surface area contributed by atoms with Crippen molar-refractivity contribution in [1.29, 1.82) is 0 Å². The molecule has 2 rings (SSSR count). The molecule has 2 aliphatic heterocycles. The van der Waals surface area contributed by atoms with Gasteiger partial charge >= 0.3 is 12.0 Å². The Morgan fingerprint density at radius 2 is 1.95 bits per heavy atom. The average molecular weight is 300 g/mol. The van der Waals surface area contributed by atoms with Crippen LogP contribution in [0.4, 0.5) is 4.79 Å². The Bertz CT molecular complexity index is 345. The molecule has 0 aromatic rings. The van der Waals surface area contributed by atoms with E-state index in [1.165, 1.54) is 24.3 Å². The van der Waals surface area contributed by atoms with E-state index in [-0.39, 0.29) is 12.5 Å². The van der Waals surface area contributed by atoms with Gasteiger partial charge in [0.05, 0.1) is 0 Å². The number of amides is 2. The maximum Gasteiger partial charge on any atom is 0.317 e. The fraction of sp³-hybridized carbons (Fsp3) is 0.857. The van der Waals surface area contributed by atoms with Gasteiger partial charge in [-0.15, -0.1) is 0 Å². The molecule has 0 saturated carbocycles. The van der Waals surface area contributed by atoms with E-state index in [0.717, 1.165) is 19.5 Å². The number of aliphatic carboxylic acids is 1. The van der Waals surface area contributed by atoms with Crippen molar-refractivity contribution in [3.63, 3.8) is 0 Å². The van der Waals surface area contributed by atoms with Crippen molar-refractivity contribution in [2.24, 2.45) is 11.8 Å². The quantitative estimate of drug-likeness (QED) is 0.815. The van der Waals surface area contributed by atoms with Crippen molar-refractivity contribution in [2.45, 2.75) is 32.1 Å². The second-order valence-electron chi connectivity index (χ2n) is 5.77. The number of carbonyl (C=O) groups is 2. The minimum atomic E-state index is -0.747. The van der Waals surface area contributed by atoms with Crippen LogP contribution in [-0.4, -0.2) is 53.1 Å². The third kappa shape index (κ3) is 4.89. The lowest BCUT2D eigenvalue weighted by atomic mass is 10.0. The highest BCUT2D eigenvalue weighted by molar-refractivity contribution is 7.99. The Morgan fingerprint density at radius 3 is 2.65 bits per heavy atom. The van der Waals surface area contributed by atoms with Crippen LogP contribution in [0.5, 0.6) is 0 Å². The molecule has 0 aromatic carbocycles. The topological polar surface area (TPSA) is 69.6 Å². The molecule has 2 aliphatic rings. The summed E-state index contributed by atoms with van der Waals surface area (Å²) in [4.78, 5) is 24.5. The highest BCUT2D eigenvalue weighted by Gasteiger charge is 2.26. The zero-order chi connectivity index (χ0) is 14.4. The van der Waals surface area contributed by atoms with Crippen molar-refractivity contribution < 1.29 is 14.7 Å². The Hall–Kier alpha value is -0.910. The van der Waals surface area contributed by atoms with E-state index in [4.69, 9.17) is 5.11 Å². The minimum Gasteiger partial charge on any atom is -0.481 e. The maximum absolute atomic E-state index is 12.1. The van der Waals surface area contributed by atoms with Gasteiger partial charge < -0.3 is 15.3 Å². The molecular formula is C14H24N2O3S. The molecule has 0 spiro atoms. The summed E-state index contributed by atoms with van der Waals surface area (Å²) < 4.78 is 0. The number of nitrogens with one attached hydrogen (secondary N) is 1. The van der Waals surface area contributed by atoms with Crippen molar-refractivity contribution in [3.8, 4) is 0 Å². The van der Waals surface area contributed by atoms with Crippen molar-refractivity contribution in [1.82, 2.24) is 10.2 Å². The first-order valence-electron chi connectivity index (χ1n) is 7.47. The number of nitrogens with zero attached hydrogens (tertiary/aromatic N) is 1. The van der Waals surface area contributed by atoms with E-state index >= 15 is 0 Å². The summed E-state index contributed by atoms with van der Waals surface area (Å²) in [6.45, 7) is 2.26. The van der Waals surface area contributed by atoms with Crippen molar-refractivity contribution in [3.05, 3.63) is 0 Å². The number of carbonyl (C=O) groups excluding carboxylic acids is 1. The molecule has 0 aliphatic carbocycles. The standard InChI is InChI=1S/C14H24N2O3S/c17-13(18)2-1-12-3-6-16(10-12)14(19)15-9-11-4-7-20-8-5-11/h11-12H,1-10H2,(H,15,19)(H,17,18). The summed E-state index contributed by atoms with van der Waals surface area (Å²) in [5.41, 5.74) is 0. The van der Waals surface area contributed by atoms with E-state index < -0.39 is 5.97 Å². The SMILES string of the molecule is O=C(O)CCC1CCN(C(=O)NCC2CCSCC2)C1. The summed E-state index contributed by atoms with van der Waals surface area (Å²) in [5, 5.41) is 11.7. The lowest BCUT2D eigenvalue weighted by Gasteiger charge is -2.23. The number of rotatable bonds is 5. The zero-order valence-electron chi connectivity index (χ0n) is 11.8. The fourth-order valence-electron chi connectivity index (χ4n) is 2.87. The van der Waals surface area contributed by atoms with Crippen LogP contribution in [0.3, 0.4) is 0 Å². The smallest absolute Gasteiger partial charge is 0.317 e. The molecule has 1 unspecified atom stereocenters. The van der Waals surface area contributed by atoms with Gasteiger partial charge in [-0.3, -0.25) is 4.79 Å². The van der Waals surface area contributed by atoms with Crippen LogP contribution in [0, 0.1) is 11.8 Å². The number of carboxylic acids is 1. The van der Waals surface area contributed by atoms with Gasteiger partial charge in [0, 0.05) is 26.1 Å². The molecule has 0 radical (unpaired) electrons. The normalized spacial score (nSPS) is 23.8. The predicted molar refractivity (Wildman–Crippen MR) is 80.0 cm³/mol. The number of carboxylic acid groups (broad SMARTS) is 1. The van der Waals surface area contributed by atoms with Gasteiger partial charge in [0.1, 0.15) is 0 Å². The Kier molecular flexibility index (Phi) is 6.01. The summed E-state index contributed by atoms with van der Waals surface area (Å²) in [5.74, 6) is 2.65. The monoisotopic (exact) mass is 300 g/mol. The van der Waals surface area contributed by atoms with Crippen LogP contribution in [0.15, 0.2) is 0 Å². The second-order valence-corrected chi connectivity index (χ2v) is 7.00. The van der Waals surface area contributed by atoms with Gasteiger partial charge in [-0.2, -0.15) is 11.8 Å².